The van der Waals surface area contributed by atoms with Crippen LogP contribution in [0.2, 0.25) is 0 Å². The monoisotopic (exact) mass is 205 g/mol. The highest BCUT2D eigenvalue weighted by atomic mass is 16.3. The summed E-state index contributed by atoms with van der Waals surface area (Å²) in [5.74, 6) is 0. The molecule has 0 bridgehead atoms. The minimum atomic E-state index is -0.688. The second-order valence-corrected chi connectivity index (χ2v) is 4.19. The number of hydrogen-bond donors (Lipinski definition) is 1. The molecule has 80 valence electrons. The van der Waals surface area contributed by atoms with Crippen molar-refractivity contribution in [3.05, 3.63) is 45.8 Å². The zero-order valence-electron chi connectivity index (χ0n) is 9.01. The number of rotatable bonds is 4. The number of hydrogen-bond acceptors (Lipinski definition) is 2. The van der Waals surface area contributed by atoms with Gasteiger partial charge >= 0.3 is 0 Å². The average molecular weight is 205 g/mol. The molecule has 0 amide bonds. The van der Waals surface area contributed by atoms with Crippen molar-refractivity contribution in [1.29, 1.82) is 0 Å². The smallest absolute Gasteiger partial charge is 0.0631 e. The Morgan fingerprint density at radius 1 is 1.27 bits per heavy atom. The van der Waals surface area contributed by atoms with Crippen molar-refractivity contribution in [1.82, 2.24) is 0 Å². The average Bonchev–Trinajstić information content (AvgIpc) is 2.14. The van der Waals surface area contributed by atoms with Crippen LogP contribution in [0, 0.1) is 0 Å². The molecule has 0 radical (unpaired) electrons. The summed E-state index contributed by atoms with van der Waals surface area (Å²) in [5, 5.41) is 13.1. The lowest BCUT2D eigenvalue weighted by Crippen LogP contribution is -2.21. The predicted molar refractivity (Wildman–Crippen MR) is 59.3 cm³/mol. The van der Waals surface area contributed by atoms with Gasteiger partial charge in [-0.1, -0.05) is 29.4 Å². The quantitative estimate of drug-likeness (QED) is 0.458. The molecule has 0 aliphatic rings. The second kappa shape index (κ2) is 4.82. The largest absolute Gasteiger partial charge is 0.390 e. The minimum absolute atomic E-state index is 0.374. The summed E-state index contributed by atoms with van der Waals surface area (Å²) >= 11 is 0. The third-order valence-corrected chi connectivity index (χ3v) is 1.98. The molecule has 0 saturated heterocycles. The molecule has 0 fully saturated rings. The molecular formula is C11H15N3O. The Kier molecular flexibility index (Phi) is 3.72. The summed E-state index contributed by atoms with van der Waals surface area (Å²) in [7, 11) is 0. The van der Waals surface area contributed by atoms with Gasteiger partial charge < -0.3 is 5.11 Å². The third-order valence-electron chi connectivity index (χ3n) is 1.98. The Morgan fingerprint density at radius 3 is 2.27 bits per heavy atom. The van der Waals surface area contributed by atoms with Crippen molar-refractivity contribution in [2.45, 2.75) is 32.4 Å². The van der Waals surface area contributed by atoms with Crippen LogP contribution in [0.15, 0.2) is 29.4 Å². The van der Waals surface area contributed by atoms with E-state index in [1.54, 1.807) is 13.8 Å². The van der Waals surface area contributed by atoms with E-state index in [2.05, 4.69) is 10.0 Å². The van der Waals surface area contributed by atoms with Crippen LogP contribution in [0.1, 0.15) is 25.0 Å². The topological polar surface area (TPSA) is 69.0 Å². The molecule has 0 aliphatic heterocycles. The summed E-state index contributed by atoms with van der Waals surface area (Å²) in [6.45, 7) is 3.93. The summed E-state index contributed by atoms with van der Waals surface area (Å²) in [4.78, 5) is 2.70. The SMILES string of the molecule is CC(C)(O)Cc1ccc(CN=[N+]=[N-])cc1. The highest BCUT2D eigenvalue weighted by Crippen LogP contribution is 2.13. The van der Waals surface area contributed by atoms with Crippen LogP contribution < -0.4 is 0 Å². The van der Waals surface area contributed by atoms with Gasteiger partial charge in [0.2, 0.25) is 0 Å². The lowest BCUT2D eigenvalue weighted by Gasteiger charge is -2.16. The molecule has 1 aromatic rings. The third kappa shape index (κ3) is 4.49. The first-order valence-corrected chi connectivity index (χ1v) is 4.82. The van der Waals surface area contributed by atoms with E-state index in [1.165, 1.54) is 0 Å². The van der Waals surface area contributed by atoms with Crippen molar-refractivity contribution in [3.63, 3.8) is 0 Å². The van der Waals surface area contributed by atoms with Crippen molar-refractivity contribution in [2.75, 3.05) is 0 Å². The van der Waals surface area contributed by atoms with Gasteiger partial charge in [0.1, 0.15) is 0 Å². The van der Waals surface area contributed by atoms with Gasteiger partial charge in [-0.25, -0.2) is 0 Å². The van der Waals surface area contributed by atoms with Crippen molar-refractivity contribution >= 4 is 0 Å². The predicted octanol–water partition coefficient (Wildman–Crippen LogP) is 2.81. The molecule has 1 rings (SSSR count). The van der Waals surface area contributed by atoms with E-state index in [1.807, 2.05) is 24.3 Å². The number of benzene rings is 1. The van der Waals surface area contributed by atoms with Crippen molar-refractivity contribution in [3.8, 4) is 0 Å². The van der Waals surface area contributed by atoms with Gasteiger partial charge in [0.25, 0.3) is 0 Å². The number of azide groups is 1. The summed E-state index contributed by atoms with van der Waals surface area (Å²) in [5.41, 5.74) is 9.53. The Hall–Kier alpha value is -1.51. The first-order chi connectivity index (χ1) is 7.01. The molecule has 1 aromatic carbocycles. The van der Waals surface area contributed by atoms with Crippen LogP contribution in [0.3, 0.4) is 0 Å². The highest BCUT2D eigenvalue weighted by Gasteiger charge is 2.12. The van der Waals surface area contributed by atoms with Crippen molar-refractivity contribution in [2.24, 2.45) is 5.11 Å². The van der Waals surface area contributed by atoms with Gasteiger partial charge in [-0.3, -0.25) is 0 Å². The van der Waals surface area contributed by atoms with Crippen LogP contribution in [-0.4, -0.2) is 10.7 Å². The first kappa shape index (κ1) is 11.6. The van der Waals surface area contributed by atoms with Gasteiger partial charge in [0.15, 0.2) is 0 Å². The van der Waals surface area contributed by atoms with E-state index in [-0.39, 0.29) is 0 Å². The normalized spacial score (nSPS) is 10.9. The molecule has 4 nitrogen and oxygen atoms in total. The lowest BCUT2D eigenvalue weighted by molar-refractivity contribution is 0.0810. The van der Waals surface area contributed by atoms with E-state index in [0.717, 1.165) is 11.1 Å². The van der Waals surface area contributed by atoms with Gasteiger partial charge in [-0.05, 0) is 30.5 Å². The number of nitrogens with zero attached hydrogens (tertiary/aromatic N) is 3. The Labute approximate surface area is 89.2 Å². The summed E-state index contributed by atoms with van der Waals surface area (Å²) < 4.78 is 0. The van der Waals surface area contributed by atoms with Crippen molar-refractivity contribution < 1.29 is 5.11 Å². The molecule has 15 heavy (non-hydrogen) atoms. The van der Waals surface area contributed by atoms with Gasteiger partial charge in [0.05, 0.1) is 12.1 Å². The van der Waals surface area contributed by atoms with Crippen LogP contribution >= 0.6 is 0 Å². The van der Waals surface area contributed by atoms with E-state index in [9.17, 15) is 5.11 Å². The molecule has 0 aliphatic carbocycles. The van der Waals surface area contributed by atoms with E-state index < -0.39 is 5.60 Å². The second-order valence-electron chi connectivity index (χ2n) is 4.19. The fourth-order valence-corrected chi connectivity index (χ4v) is 1.38. The maximum atomic E-state index is 9.62. The standard InChI is InChI=1S/C11H15N3O/c1-11(2,15)7-9-3-5-10(6-4-9)8-13-14-12/h3-6,15H,7-8H2,1-2H3. The zero-order chi connectivity index (χ0) is 11.3. The summed E-state index contributed by atoms with van der Waals surface area (Å²) in [6, 6.07) is 7.71. The molecule has 0 heterocycles. The summed E-state index contributed by atoms with van der Waals surface area (Å²) in [6.07, 6.45) is 0.620. The van der Waals surface area contributed by atoms with Gasteiger partial charge in [-0.15, -0.1) is 0 Å². The molecule has 4 heteroatoms. The maximum Gasteiger partial charge on any atom is 0.0631 e. The Morgan fingerprint density at radius 2 is 1.80 bits per heavy atom. The minimum Gasteiger partial charge on any atom is -0.390 e. The molecule has 0 unspecified atom stereocenters. The van der Waals surface area contributed by atoms with E-state index >= 15 is 0 Å². The van der Waals surface area contributed by atoms with E-state index in [0.29, 0.717) is 13.0 Å². The molecule has 0 spiro atoms. The first-order valence-electron chi connectivity index (χ1n) is 4.82. The molecule has 1 N–H and O–H groups in total. The highest BCUT2D eigenvalue weighted by molar-refractivity contribution is 5.23. The number of aliphatic hydroxyl groups is 1. The maximum absolute atomic E-state index is 9.62. The van der Waals surface area contributed by atoms with Crippen LogP contribution in [0.25, 0.3) is 10.4 Å². The van der Waals surface area contributed by atoms with E-state index in [4.69, 9.17) is 5.53 Å². The molecule has 0 saturated carbocycles. The Bertz CT molecular complexity index is 358. The van der Waals surface area contributed by atoms with Gasteiger partial charge in [0, 0.05) is 11.3 Å². The fourth-order valence-electron chi connectivity index (χ4n) is 1.38. The Balaban J connectivity index is 2.68. The van der Waals surface area contributed by atoms with Crippen LogP contribution in [-0.2, 0) is 13.0 Å². The van der Waals surface area contributed by atoms with Crippen LogP contribution in [0.4, 0.5) is 0 Å². The zero-order valence-corrected chi connectivity index (χ0v) is 9.01. The fraction of sp³-hybridized carbons (Fsp3) is 0.455. The molecular weight excluding hydrogens is 190 g/mol. The lowest BCUT2D eigenvalue weighted by atomic mass is 9.98. The molecule has 0 atom stereocenters. The van der Waals surface area contributed by atoms with Crippen LogP contribution in [0.5, 0.6) is 0 Å². The van der Waals surface area contributed by atoms with Gasteiger partial charge in [-0.2, -0.15) is 0 Å². The molecule has 0 aromatic heterocycles.